The Hall–Kier alpha value is -4.86. The minimum atomic E-state index is -2.01. The van der Waals surface area contributed by atoms with Gasteiger partial charge in [0.2, 0.25) is 0 Å². The molecule has 6 aromatic carbocycles. The molecule has 0 atom stereocenters. The molecule has 0 fully saturated rings. The van der Waals surface area contributed by atoms with Gasteiger partial charge in [0.25, 0.3) is 0 Å². The zero-order chi connectivity index (χ0) is 29.8. The van der Waals surface area contributed by atoms with Crippen molar-refractivity contribution in [1.82, 2.24) is 0 Å². The lowest BCUT2D eigenvalue weighted by atomic mass is 9.82. The van der Waals surface area contributed by atoms with Crippen molar-refractivity contribution in [2.45, 2.75) is 32.4 Å². The second-order valence-corrected chi connectivity index (χ2v) is 17.7. The zero-order valence-electron chi connectivity index (χ0n) is 25.5. The van der Waals surface area contributed by atoms with E-state index < -0.39 is 8.07 Å². The molecule has 0 bridgehead atoms. The van der Waals surface area contributed by atoms with Crippen molar-refractivity contribution in [3.05, 3.63) is 139 Å². The van der Waals surface area contributed by atoms with E-state index in [2.05, 4.69) is 159 Å². The first-order chi connectivity index (χ1) is 21.4. The van der Waals surface area contributed by atoms with E-state index in [1.807, 2.05) is 0 Å². The summed E-state index contributed by atoms with van der Waals surface area (Å²) in [4.78, 5) is 2.47. The molecule has 1 aliphatic heterocycles. The quantitative estimate of drug-likeness (QED) is 0.192. The van der Waals surface area contributed by atoms with E-state index in [1.54, 1.807) is 0 Å². The molecular weight excluding hydrogens is 551 g/mol. The van der Waals surface area contributed by atoms with Crippen LogP contribution in [0.3, 0.4) is 0 Å². The molecule has 2 aliphatic rings. The van der Waals surface area contributed by atoms with Crippen LogP contribution in [0, 0.1) is 0 Å². The van der Waals surface area contributed by atoms with E-state index in [0.717, 1.165) is 16.9 Å². The Labute approximate surface area is 259 Å². The molecule has 2 nitrogen and oxygen atoms in total. The van der Waals surface area contributed by atoms with Crippen molar-refractivity contribution in [2.75, 3.05) is 4.90 Å². The number of anilines is 3. The van der Waals surface area contributed by atoms with Gasteiger partial charge in [0.1, 0.15) is 19.2 Å². The molecule has 44 heavy (non-hydrogen) atoms. The maximum atomic E-state index is 6.58. The number of furan rings is 1. The molecule has 1 aromatic heterocycles. The lowest BCUT2D eigenvalue weighted by Crippen LogP contribution is -2.49. The summed E-state index contributed by atoms with van der Waals surface area (Å²) >= 11 is 0. The van der Waals surface area contributed by atoms with E-state index in [-0.39, 0.29) is 5.41 Å². The van der Waals surface area contributed by atoms with E-state index >= 15 is 0 Å². The minimum Gasteiger partial charge on any atom is -0.455 e. The molecule has 1 aliphatic carbocycles. The Kier molecular flexibility index (Phi) is 5.15. The normalized spacial score (nSPS) is 15.2. The lowest BCUT2D eigenvalue weighted by Gasteiger charge is -2.30. The van der Waals surface area contributed by atoms with Gasteiger partial charge in [0.05, 0.1) is 5.69 Å². The second kappa shape index (κ2) is 8.84. The molecule has 0 spiro atoms. The molecule has 9 rings (SSSR count). The molecule has 0 saturated carbocycles. The fourth-order valence-corrected chi connectivity index (χ4v) is 11.1. The maximum Gasteiger partial charge on any atom is 0.143 e. The van der Waals surface area contributed by atoms with Crippen LogP contribution in [-0.4, -0.2) is 8.07 Å². The van der Waals surface area contributed by atoms with E-state index in [4.69, 9.17) is 4.42 Å². The van der Waals surface area contributed by atoms with Crippen molar-refractivity contribution < 1.29 is 4.42 Å². The average Bonchev–Trinajstić information content (AvgIpc) is 3.62. The van der Waals surface area contributed by atoms with Gasteiger partial charge >= 0.3 is 0 Å². The summed E-state index contributed by atoms with van der Waals surface area (Å²) in [5.74, 6) is 0. The van der Waals surface area contributed by atoms with E-state index in [0.29, 0.717) is 0 Å². The van der Waals surface area contributed by atoms with Crippen molar-refractivity contribution in [3.63, 3.8) is 0 Å². The number of fused-ring (bicyclic) bond motifs is 10. The summed E-state index contributed by atoms with van der Waals surface area (Å²) in [7, 11) is -2.01. The predicted octanol–water partition coefficient (Wildman–Crippen LogP) is 10.2. The Bertz CT molecular complexity index is 2290. The highest BCUT2D eigenvalue weighted by Crippen LogP contribution is 2.54. The SMILES string of the molecule is CC1(C)c2ccccc2-c2c(N(c3ccccc3)c3ccc4c(c3)[Si](C)(C)c3ccc5c(oc6ccccc65)c3-4)cccc21. The smallest absolute Gasteiger partial charge is 0.143 e. The van der Waals surface area contributed by atoms with Gasteiger partial charge in [0, 0.05) is 38.7 Å². The molecule has 3 heteroatoms. The number of hydrogen-bond acceptors (Lipinski definition) is 2. The summed E-state index contributed by atoms with van der Waals surface area (Å²) in [6, 6.07) is 46.9. The van der Waals surface area contributed by atoms with Crippen molar-refractivity contribution in [3.8, 4) is 22.3 Å². The number of rotatable bonds is 3. The van der Waals surface area contributed by atoms with Crippen LogP contribution >= 0.6 is 0 Å². The van der Waals surface area contributed by atoms with Crippen LogP contribution in [0.2, 0.25) is 13.1 Å². The van der Waals surface area contributed by atoms with E-state index in [9.17, 15) is 0 Å². The Balaban J connectivity index is 1.29. The number of benzene rings is 6. The first-order valence-electron chi connectivity index (χ1n) is 15.5. The molecule has 7 aromatic rings. The van der Waals surface area contributed by atoms with Gasteiger partial charge in [-0.05, 0) is 69.0 Å². The fraction of sp³-hybridized carbons (Fsp3) is 0.122. The van der Waals surface area contributed by atoms with Crippen molar-refractivity contribution >= 4 is 57.4 Å². The summed E-state index contributed by atoms with van der Waals surface area (Å²) in [6.45, 7) is 9.69. The maximum absolute atomic E-state index is 6.58. The topological polar surface area (TPSA) is 16.4 Å². The van der Waals surface area contributed by atoms with E-state index in [1.165, 1.54) is 65.9 Å². The second-order valence-electron chi connectivity index (χ2n) is 13.4. The van der Waals surface area contributed by atoms with Gasteiger partial charge in [-0.15, -0.1) is 0 Å². The Morgan fingerprint density at radius 1 is 0.568 bits per heavy atom. The minimum absolute atomic E-state index is 0.0588. The van der Waals surface area contributed by atoms with Crippen LogP contribution in [0.15, 0.2) is 132 Å². The molecule has 0 unspecified atom stereocenters. The first kappa shape index (κ1) is 25.6. The molecule has 0 amide bonds. The highest BCUT2D eigenvalue weighted by atomic mass is 28.3. The van der Waals surface area contributed by atoms with Gasteiger partial charge < -0.3 is 9.32 Å². The van der Waals surface area contributed by atoms with Crippen LogP contribution in [0.4, 0.5) is 17.1 Å². The number of hydrogen-bond donors (Lipinski definition) is 0. The summed E-state index contributed by atoms with van der Waals surface area (Å²) in [5, 5.41) is 5.31. The summed E-state index contributed by atoms with van der Waals surface area (Å²) in [5.41, 5.74) is 13.6. The Morgan fingerprint density at radius 2 is 1.32 bits per heavy atom. The monoisotopic (exact) mass is 583 g/mol. The summed E-state index contributed by atoms with van der Waals surface area (Å²) < 4.78 is 6.58. The predicted molar refractivity (Wildman–Crippen MR) is 188 cm³/mol. The third-order valence-corrected chi connectivity index (χ3v) is 13.8. The molecule has 2 heterocycles. The van der Waals surface area contributed by atoms with Crippen LogP contribution in [0.5, 0.6) is 0 Å². The average molecular weight is 584 g/mol. The standard InChI is InChI=1S/C41H33NOSi/c1-41(2)32-17-10-8-16-30(32)38-33(41)18-12-19-34(38)42(26-13-6-5-7-14-26)27-21-22-31-37(25-27)44(3,4)36-24-23-29-28-15-9-11-20-35(28)43-40(29)39(31)36/h5-25H,1-4H3. The molecular formula is C41H33NOSi. The third-order valence-electron chi connectivity index (χ3n) is 10.3. The Morgan fingerprint density at radius 3 is 2.18 bits per heavy atom. The highest BCUT2D eigenvalue weighted by molar-refractivity contribution is 7.04. The van der Waals surface area contributed by atoms with Crippen molar-refractivity contribution in [1.29, 1.82) is 0 Å². The van der Waals surface area contributed by atoms with Gasteiger partial charge in [0.15, 0.2) is 0 Å². The molecule has 212 valence electrons. The largest absolute Gasteiger partial charge is 0.455 e. The molecule has 0 N–H and O–H groups in total. The van der Waals surface area contributed by atoms with Crippen LogP contribution < -0.4 is 15.3 Å². The number of para-hydroxylation sites is 2. The lowest BCUT2D eigenvalue weighted by molar-refractivity contribution is 0.660. The van der Waals surface area contributed by atoms with Crippen LogP contribution in [0.1, 0.15) is 25.0 Å². The third kappa shape index (κ3) is 3.30. The summed E-state index contributed by atoms with van der Waals surface area (Å²) in [6.07, 6.45) is 0. The number of nitrogens with zero attached hydrogens (tertiary/aromatic N) is 1. The van der Waals surface area contributed by atoms with Gasteiger partial charge in [-0.2, -0.15) is 0 Å². The van der Waals surface area contributed by atoms with Crippen LogP contribution in [0.25, 0.3) is 44.2 Å². The first-order valence-corrected chi connectivity index (χ1v) is 18.5. The van der Waals surface area contributed by atoms with Gasteiger partial charge in [-0.1, -0.05) is 118 Å². The highest BCUT2D eigenvalue weighted by Gasteiger charge is 2.41. The zero-order valence-corrected chi connectivity index (χ0v) is 26.5. The van der Waals surface area contributed by atoms with Gasteiger partial charge in [-0.3, -0.25) is 0 Å². The van der Waals surface area contributed by atoms with Gasteiger partial charge in [-0.25, -0.2) is 0 Å². The van der Waals surface area contributed by atoms with Crippen molar-refractivity contribution in [2.24, 2.45) is 0 Å². The fourth-order valence-electron chi connectivity index (χ4n) is 8.05. The molecule has 0 radical (unpaired) electrons. The van der Waals surface area contributed by atoms with Crippen LogP contribution in [-0.2, 0) is 5.41 Å². The molecule has 0 saturated heterocycles.